The van der Waals surface area contributed by atoms with Crippen molar-refractivity contribution in [3.63, 3.8) is 0 Å². The van der Waals surface area contributed by atoms with Crippen LogP contribution >= 0.6 is 11.8 Å². The monoisotopic (exact) mass is 433 g/mol. The van der Waals surface area contributed by atoms with Crippen LogP contribution in [0.3, 0.4) is 0 Å². The molecule has 0 spiro atoms. The highest BCUT2D eigenvalue weighted by atomic mass is 32.2. The minimum atomic E-state index is -1.55. The Hall–Kier alpha value is -2.91. The summed E-state index contributed by atoms with van der Waals surface area (Å²) < 4.78 is 10.1. The molecule has 0 saturated heterocycles. The molecule has 2 unspecified atom stereocenters. The number of carbonyl (C=O) groups excluding carboxylic acids is 2. The Morgan fingerprint density at radius 2 is 1.80 bits per heavy atom. The fraction of sp³-hybridized carbons (Fsp3) is 0.333. The zero-order chi connectivity index (χ0) is 22.1. The minimum Gasteiger partial charge on any atom is -0.464 e. The van der Waals surface area contributed by atoms with E-state index in [1.165, 1.54) is 6.07 Å². The molecule has 2 atom stereocenters. The van der Waals surface area contributed by atoms with Crippen LogP contribution in [0.4, 0.5) is 5.69 Å². The molecule has 2 aromatic carbocycles. The van der Waals surface area contributed by atoms with Crippen molar-refractivity contribution in [1.29, 1.82) is 0 Å². The molecule has 0 bridgehead atoms. The van der Waals surface area contributed by atoms with Crippen LogP contribution in [0.25, 0.3) is 0 Å². The first kappa shape index (κ1) is 23.4. The number of aliphatic hydroxyl groups excluding tert-OH is 1. The quantitative estimate of drug-likeness (QED) is 0.196. The van der Waals surface area contributed by atoms with E-state index in [0.717, 1.165) is 11.8 Å². The highest BCUT2D eigenvalue weighted by Gasteiger charge is 2.31. The van der Waals surface area contributed by atoms with Crippen LogP contribution in [0, 0.1) is 10.1 Å². The van der Waals surface area contributed by atoms with Crippen molar-refractivity contribution in [1.82, 2.24) is 0 Å². The predicted octanol–water partition coefficient (Wildman–Crippen LogP) is 4.06. The van der Waals surface area contributed by atoms with Crippen LogP contribution in [0.15, 0.2) is 53.4 Å². The fourth-order valence-electron chi connectivity index (χ4n) is 2.62. The smallest absolute Gasteiger partial charge is 0.336 e. The molecule has 160 valence electrons. The molecule has 2 rings (SSSR count). The molecule has 8 nitrogen and oxygen atoms in total. The van der Waals surface area contributed by atoms with Gasteiger partial charge in [-0.25, -0.2) is 4.79 Å². The zero-order valence-electron chi connectivity index (χ0n) is 16.6. The summed E-state index contributed by atoms with van der Waals surface area (Å²) >= 11 is 0.987. The maximum atomic E-state index is 12.2. The Kier molecular flexibility index (Phi) is 8.82. The van der Waals surface area contributed by atoms with Crippen LogP contribution in [0.1, 0.15) is 37.5 Å². The van der Waals surface area contributed by atoms with Gasteiger partial charge in [0.05, 0.1) is 21.7 Å². The number of nitrogens with zero attached hydrogens (tertiary/aromatic N) is 1. The number of benzene rings is 2. The van der Waals surface area contributed by atoms with Gasteiger partial charge >= 0.3 is 11.9 Å². The summed E-state index contributed by atoms with van der Waals surface area (Å²) in [4.78, 5) is 34.9. The van der Waals surface area contributed by atoms with Crippen molar-refractivity contribution < 1.29 is 29.1 Å². The first-order valence-corrected chi connectivity index (χ1v) is 10.3. The zero-order valence-corrected chi connectivity index (χ0v) is 17.5. The summed E-state index contributed by atoms with van der Waals surface area (Å²) in [5.41, 5.74) is 0.391. The van der Waals surface area contributed by atoms with Crippen molar-refractivity contribution in [2.24, 2.45) is 0 Å². The average molecular weight is 433 g/mol. The van der Waals surface area contributed by atoms with Gasteiger partial charge in [0.25, 0.3) is 5.69 Å². The molecule has 0 aliphatic heterocycles. The lowest BCUT2D eigenvalue weighted by molar-refractivity contribution is -0.387. The number of nitro groups is 1. The molecule has 0 aliphatic carbocycles. The number of rotatable bonds is 10. The maximum Gasteiger partial charge on any atom is 0.336 e. The number of hydrogen-bond acceptors (Lipinski definition) is 8. The van der Waals surface area contributed by atoms with Gasteiger partial charge in [0, 0.05) is 12.5 Å². The Bertz CT molecular complexity index is 885. The molecule has 0 saturated carbocycles. The van der Waals surface area contributed by atoms with Gasteiger partial charge in [-0.1, -0.05) is 31.2 Å². The van der Waals surface area contributed by atoms with E-state index in [-0.39, 0.29) is 18.3 Å². The minimum absolute atomic E-state index is 0.0884. The van der Waals surface area contributed by atoms with Crippen LogP contribution < -0.4 is 4.74 Å². The maximum absolute atomic E-state index is 12.2. The molecule has 0 heterocycles. The van der Waals surface area contributed by atoms with E-state index in [1.807, 2.05) is 6.92 Å². The first-order valence-electron chi connectivity index (χ1n) is 9.42. The predicted molar refractivity (Wildman–Crippen MR) is 111 cm³/mol. The average Bonchev–Trinajstić information content (AvgIpc) is 2.72. The molecule has 0 aliphatic rings. The van der Waals surface area contributed by atoms with E-state index >= 15 is 0 Å². The van der Waals surface area contributed by atoms with E-state index in [1.54, 1.807) is 49.4 Å². The van der Waals surface area contributed by atoms with Gasteiger partial charge in [0.15, 0.2) is 6.10 Å². The van der Waals surface area contributed by atoms with Crippen molar-refractivity contribution in [3.8, 4) is 5.75 Å². The molecular formula is C21H23NO7S. The fourth-order valence-corrected chi connectivity index (χ4v) is 3.85. The van der Waals surface area contributed by atoms with Gasteiger partial charge in [0.1, 0.15) is 5.75 Å². The van der Waals surface area contributed by atoms with Gasteiger partial charge in [-0.05, 0) is 37.1 Å². The van der Waals surface area contributed by atoms with E-state index in [4.69, 9.17) is 9.47 Å². The Balaban J connectivity index is 2.33. The second kappa shape index (κ2) is 11.3. The van der Waals surface area contributed by atoms with E-state index in [2.05, 4.69) is 0 Å². The second-order valence-electron chi connectivity index (χ2n) is 6.25. The number of nitro benzene ring substituents is 1. The first-order chi connectivity index (χ1) is 14.4. The van der Waals surface area contributed by atoms with E-state index in [0.29, 0.717) is 29.1 Å². The van der Waals surface area contributed by atoms with Gasteiger partial charge in [-0.15, -0.1) is 11.8 Å². The van der Waals surface area contributed by atoms with Crippen molar-refractivity contribution in [3.05, 3.63) is 64.2 Å². The number of aliphatic hydroxyl groups is 1. The lowest BCUT2D eigenvalue weighted by atomic mass is 10.1. The molecule has 9 heteroatoms. The molecule has 2 aromatic rings. The molecule has 0 radical (unpaired) electrons. The molecular weight excluding hydrogens is 410 g/mol. The molecule has 30 heavy (non-hydrogen) atoms. The largest absolute Gasteiger partial charge is 0.464 e. The van der Waals surface area contributed by atoms with Crippen LogP contribution in [-0.2, 0) is 14.3 Å². The van der Waals surface area contributed by atoms with Crippen LogP contribution in [0.5, 0.6) is 5.75 Å². The number of carbonyl (C=O) groups is 2. The number of thioether (sulfide) groups is 1. The Morgan fingerprint density at radius 1 is 1.13 bits per heavy atom. The summed E-state index contributed by atoms with van der Waals surface area (Å²) in [5.74, 6) is -0.855. The van der Waals surface area contributed by atoms with Crippen LogP contribution in [-0.4, -0.2) is 34.7 Å². The van der Waals surface area contributed by atoms with Crippen molar-refractivity contribution in [2.75, 3.05) is 6.61 Å². The highest BCUT2D eigenvalue weighted by molar-refractivity contribution is 7.99. The summed E-state index contributed by atoms with van der Waals surface area (Å²) in [6.07, 6.45) is -0.597. The summed E-state index contributed by atoms with van der Waals surface area (Å²) in [7, 11) is 0. The highest BCUT2D eigenvalue weighted by Crippen LogP contribution is 2.42. The normalized spacial score (nSPS) is 12.6. The van der Waals surface area contributed by atoms with Gasteiger partial charge < -0.3 is 14.6 Å². The van der Waals surface area contributed by atoms with E-state index < -0.39 is 22.2 Å². The second-order valence-corrected chi connectivity index (χ2v) is 7.44. The van der Waals surface area contributed by atoms with Crippen LogP contribution in [0.2, 0.25) is 0 Å². The molecule has 0 amide bonds. The third-order valence-electron chi connectivity index (χ3n) is 4.03. The third-order valence-corrected chi connectivity index (χ3v) is 5.41. The number of para-hydroxylation sites is 1. The standard InChI is InChI=1S/C21H23NO7S/c1-3-7-18(23)29-15-12-10-14(11-13-15)20(19(24)21(25)28-4-2)30-17-9-6-5-8-16(17)22(26)27/h5-6,8-13,19-20,24H,3-4,7H2,1-2H3. The molecule has 1 N–H and O–H groups in total. The third kappa shape index (κ3) is 6.30. The number of hydrogen-bond donors (Lipinski definition) is 1. The summed E-state index contributed by atoms with van der Waals surface area (Å²) in [5, 5.41) is 21.1. The summed E-state index contributed by atoms with van der Waals surface area (Å²) in [6, 6.07) is 12.4. The number of ether oxygens (including phenoxy) is 2. The van der Waals surface area contributed by atoms with E-state index in [9.17, 15) is 24.8 Å². The summed E-state index contributed by atoms with van der Waals surface area (Å²) in [6.45, 7) is 3.57. The SMILES string of the molecule is CCCC(=O)Oc1ccc(C(Sc2ccccc2[N+](=O)[O-])C(O)C(=O)OCC)cc1. The molecule has 0 aromatic heterocycles. The molecule has 0 fully saturated rings. The van der Waals surface area contributed by atoms with Crippen molar-refractivity contribution >= 4 is 29.4 Å². The van der Waals surface area contributed by atoms with Gasteiger partial charge in [-0.2, -0.15) is 0 Å². The van der Waals surface area contributed by atoms with Gasteiger partial charge in [-0.3, -0.25) is 14.9 Å². The van der Waals surface area contributed by atoms with Crippen molar-refractivity contribution in [2.45, 2.75) is 42.9 Å². The lowest BCUT2D eigenvalue weighted by Crippen LogP contribution is -2.28. The topological polar surface area (TPSA) is 116 Å². The Labute approximate surface area is 178 Å². The Morgan fingerprint density at radius 3 is 2.40 bits per heavy atom. The van der Waals surface area contributed by atoms with Gasteiger partial charge in [0.2, 0.25) is 0 Å². The lowest BCUT2D eigenvalue weighted by Gasteiger charge is -2.22. The number of esters is 2.